The summed E-state index contributed by atoms with van der Waals surface area (Å²) in [4.78, 5) is 0. The Morgan fingerprint density at radius 2 is 2.00 bits per heavy atom. The molecule has 2 nitrogen and oxygen atoms in total. The van der Waals surface area contributed by atoms with Crippen LogP contribution >= 0.6 is 0 Å². The minimum Gasteiger partial charge on any atom is -0.508 e. The second-order valence-corrected chi connectivity index (χ2v) is 3.89. The van der Waals surface area contributed by atoms with Crippen LogP contribution in [0, 0.1) is 5.92 Å². The molecule has 2 heteroatoms. The molecule has 0 saturated carbocycles. The minimum absolute atomic E-state index is 0.342. The lowest BCUT2D eigenvalue weighted by molar-refractivity contribution is 0.474. The fourth-order valence-electron chi connectivity index (χ4n) is 1.87. The van der Waals surface area contributed by atoms with Crippen LogP contribution in [0.25, 0.3) is 0 Å². The Bertz CT molecular complexity index is 281. The Kier molecular flexibility index (Phi) is 2.23. The van der Waals surface area contributed by atoms with Crippen LogP contribution in [0.1, 0.15) is 24.9 Å². The van der Waals surface area contributed by atoms with Gasteiger partial charge in [-0.25, -0.2) is 0 Å². The number of aromatic hydroxyl groups is 1. The van der Waals surface area contributed by atoms with Crippen molar-refractivity contribution in [2.45, 2.75) is 19.4 Å². The lowest BCUT2D eigenvalue weighted by Gasteiger charge is -2.10. The summed E-state index contributed by atoms with van der Waals surface area (Å²) < 4.78 is 0. The molecule has 1 saturated heterocycles. The summed E-state index contributed by atoms with van der Waals surface area (Å²) in [6, 6.07) is 7.96. The summed E-state index contributed by atoms with van der Waals surface area (Å²) in [5.41, 5.74) is 1.28. The van der Waals surface area contributed by atoms with Gasteiger partial charge in [-0.1, -0.05) is 19.1 Å². The lowest BCUT2D eigenvalue weighted by atomic mass is 10.0. The van der Waals surface area contributed by atoms with Crippen molar-refractivity contribution in [1.82, 2.24) is 5.32 Å². The van der Waals surface area contributed by atoms with Crippen LogP contribution < -0.4 is 5.32 Å². The number of rotatable bonds is 1. The Morgan fingerprint density at radius 1 is 1.31 bits per heavy atom. The Hall–Kier alpha value is -1.02. The van der Waals surface area contributed by atoms with Crippen molar-refractivity contribution in [3.8, 4) is 5.75 Å². The van der Waals surface area contributed by atoms with Crippen molar-refractivity contribution in [2.75, 3.05) is 6.54 Å². The predicted molar refractivity (Wildman–Crippen MR) is 52.6 cm³/mol. The highest BCUT2D eigenvalue weighted by molar-refractivity contribution is 5.28. The topological polar surface area (TPSA) is 32.3 Å². The van der Waals surface area contributed by atoms with E-state index in [4.69, 9.17) is 5.11 Å². The van der Waals surface area contributed by atoms with E-state index in [1.165, 1.54) is 12.0 Å². The molecule has 0 amide bonds. The molecule has 1 heterocycles. The number of hydrogen-bond donors (Lipinski definition) is 2. The van der Waals surface area contributed by atoms with Crippen molar-refractivity contribution in [3.63, 3.8) is 0 Å². The van der Waals surface area contributed by atoms with E-state index in [-0.39, 0.29) is 0 Å². The molecule has 1 aromatic rings. The van der Waals surface area contributed by atoms with E-state index in [1.807, 2.05) is 12.1 Å². The van der Waals surface area contributed by atoms with E-state index >= 15 is 0 Å². The van der Waals surface area contributed by atoms with Crippen LogP contribution in [-0.4, -0.2) is 11.7 Å². The fourth-order valence-corrected chi connectivity index (χ4v) is 1.87. The smallest absolute Gasteiger partial charge is 0.115 e. The molecule has 1 aromatic carbocycles. The summed E-state index contributed by atoms with van der Waals surface area (Å²) in [6.07, 6.45) is 1.20. The third kappa shape index (κ3) is 1.83. The van der Waals surface area contributed by atoms with Crippen molar-refractivity contribution in [3.05, 3.63) is 29.8 Å². The van der Waals surface area contributed by atoms with Gasteiger partial charge in [0.25, 0.3) is 0 Å². The summed E-state index contributed by atoms with van der Waals surface area (Å²) in [5, 5.41) is 12.6. The Labute approximate surface area is 78.6 Å². The third-order valence-electron chi connectivity index (χ3n) is 2.65. The monoisotopic (exact) mass is 177 g/mol. The minimum atomic E-state index is 0.342. The van der Waals surface area contributed by atoms with Gasteiger partial charge < -0.3 is 10.4 Å². The molecule has 1 aliphatic heterocycles. The first kappa shape index (κ1) is 8.57. The largest absolute Gasteiger partial charge is 0.508 e. The molecule has 0 aliphatic carbocycles. The SMILES string of the molecule is C[C@H]1CN[C@@H](c2ccc(O)cc2)C1. The van der Waals surface area contributed by atoms with Gasteiger partial charge in [-0.15, -0.1) is 0 Å². The molecule has 70 valence electrons. The molecule has 13 heavy (non-hydrogen) atoms. The zero-order chi connectivity index (χ0) is 9.26. The molecular weight excluding hydrogens is 162 g/mol. The van der Waals surface area contributed by atoms with Crippen LogP contribution in [0.15, 0.2) is 24.3 Å². The molecule has 0 aromatic heterocycles. The van der Waals surface area contributed by atoms with E-state index in [0.717, 1.165) is 12.5 Å². The maximum Gasteiger partial charge on any atom is 0.115 e. The summed E-state index contributed by atoms with van der Waals surface area (Å²) in [7, 11) is 0. The van der Waals surface area contributed by atoms with Crippen molar-refractivity contribution in [2.24, 2.45) is 5.92 Å². The molecule has 0 radical (unpaired) electrons. The van der Waals surface area contributed by atoms with Gasteiger partial charge in [0.1, 0.15) is 5.75 Å². The zero-order valence-electron chi connectivity index (χ0n) is 7.83. The maximum atomic E-state index is 9.13. The van der Waals surface area contributed by atoms with Crippen LogP contribution in [-0.2, 0) is 0 Å². The standard InChI is InChI=1S/C11H15NO/c1-8-6-11(12-7-8)9-2-4-10(13)5-3-9/h2-5,8,11-13H,6-7H2,1H3/t8-,11-/m1/s1. The first-order valence-electron chi connectivity index (χ1n) is 4.78. The number of phenolic OH excluding ortho intramolecular Hbond substituents is 1. The molecular formula is C11H15NO. The maximum absolute atomic E-state index is 9.13. The van der Waals surface area contributed by atoms with Crippen LogP contribution in [0.5, 0.6) is 5.75 Å². The first-order chi connectivity index (χ1) is 6.25. The van der Waals surface area contributed by atoms with Gasteiger partial charge in [0.2, 0.25) is 0 Å². The number of nitrogens with one attached hydrogen (secondary N) is 1. The normalized spacial score (nSPS) is 27.8. The molecule has 0 bridgehead atoms. The van der Waals surface area contributed by atoms with Crippen molar-refractivity contribution >= 4 is 0 Å². The van der Waals surface area contributed by atoms with Gasteiger partial charge in [0.15, 0.2) is 0 Å². The molecule has 0 unspecified atom stereocenters. The van der Waals surface area contributed by atoms with E-state index in [9.17, 15) is 0 Å². The average Bonchev–Trinajstić information content (AvgIpc) is 2.53. The number of hydrogen-bond acceptors (Lipinski definition) is 2. The van der Waals surface area contributed by atoms with E-state index < -0.39 is 0 Å². The zero-order valence-corrected chi connectivity index (χ0v) is 7.83. The van der Waals surface area contributed by atoms with E-state index in [1.54, 1.807) is 12.1 Å². The molecule has 2 atom stereocenters. The second kappa shape index (κ2) is 3.38. The lowest BCUT2D eigenvalue weighted by Crippen LogP contribution is -2.13. The van der Waals surface area contributed by atoms with Crippen LogP contribution in [0.2, 0.25) is 0 Å². The highest BCUT2D eigenvalue weighted by Crippen LogP contribution is 2.27. The van der Waals surface area contributed by atoms with Gasteiger partial charge in [0, 0.05) is 6.04 Å². The van der Waals surface area contributed by atoms with Crippen molar-refractivity contribution < 1.29 is 5.11 Å². The van der Waals surface area contributed by atoms with Crippen LogP contribution in [0.4, 0.5) is 0 Å². The van der Waals surface area contributed by atoms with Gasteiger partial charge in [-0.3, -0.25) is 0 Å². The van der Waals surface area contributed by atoms with Gasteiger partial charge in [0.05, 0.1) is 0 Å². The van der Waals surface area contributed by atoms with Gasteiger partial charge >= 0.3 is 0 Å². The molecule has 2 rings (SSSR count). The second-order valence-electron chi connectivity index (χ2n) is 3.89. The fraction of sp³-hybridized carbons (Fsp3) is 0.455. The average molecular weight is 177 g/mol. The van der Waals surface area contributed by atoms with Crippen LogP contribution in [0.3, 0.4) is 0 Å². The third-order valence-corrected chi connectivity index (χ3v) is 2.65. The van der Waals surface area contributed by atoms with Crippen molar-refractivity contribution in [1.29, 1.82) is 0 Å². The first-order valence-corrected chi connectivity index (χ1v) is 4.78. The van der Waals surface area contributed by atoms with Gasteiger partial charge in [-0.2, -0.15) is 0 Å². The molecule has 1 fully saturated rings. The van der Waals surface area contributed by atoms with E-state index in [0.29, 0.717) is 11.8 Å². The predicted octanol–water partition coefficient (Wildman–Crippen LogP) is 2.06. The Morgan fingerprint density at radius 3 is 2.54 bits per heavy atom. The number of phenols is 1. The van der Waals surface area contributed by atoms with Gasteiger partial charge in [-0.05, 0) is 36.6 Å². The summed E-state index contributed by atoms with van der Waals surface area (Å²) in [5.74, 6) is 1.11. The summed E-state index contributed by atoms with van der Waals surface area (Å²) in [6.45, 7) is 3.36. The Balaban J connectivity index is 2.13. The molecule has 1 aliphatic rings. The highest BCUT2D eigenvalue weighted by Gasteiger charge is 2.21. The molecule has 2 N–H and O–H groups in total. The quantitative estimate of drug-likeness (QED) is 0.688. The molecule has 0 spiro atoms. The highest BCUT2D eigenvalue weighted by atomic mass is 16.3. The summed E-state index contributed by atoms with van der Waals surface area (Å²) >= 11 is 0. The number of benzene rings is 1. The van der Waals surface area contributed by atoms with E-state index in [2.05, 4.69) is 12.2 Å².